The van der Waals surface area contributed by atoms with E-state index in [1.165, 1.54) is 11.8 Å². The predicted octanol–water partition coefficient (Wildman–Crippen LogP) is 4.77. The van der Waals surface area contributed by atoms with Crippen molar-refractivity contribution in [1.82, 2.24) is 14.6 Å². The highest BCUT2D eigenvalue weighted by Gasteiger charge is 2.12. The first-order valence-electron chi connectivity index (χ1n) is 8.93. The summed E-state index contributed by atoms with van der Waals surface area (Å²) in [5.74, 6) is 0.186. The number of carbonyl (C=O) groups is 1. The predicted molar refractivity (Wildman–Crippen MR) is 114 cm³/mol. The van der Waals surface area contributed by atoms with Crippen molar-refractivity contribution in [3.63, 3.8) is 0 Å². The van der Waals surface area contributed by atoms with Crippen molar-refractivity contribution >= 4 is 50.7 Å². The Morgan fingerprint density at radius 1 is 0.857 bits per heavy atom. The van der Waals surface area contributed by atoms with Crippen LogP contribution in [0.3, 0.4) is 0 Å². The van der Waals surface area contributed by atoms with Gasteiger partial charge in [0.05, 0.1) is 11.3 Å². The van der Waals surface area contributed by atoms with E-state index >= 15 is 0 Å². The highest BCUT2D eigenvalue weighted by Crippen LogP contribution is 2.25. The molecule has 6 heteroatoms. The Balaban J connectivity index is 1.39. The van der Waals surface area contributed by atoms with Gasteiger partial charge in [-0.2, -0.15) is 0 Å². The maximum absolute atomic E-state index is 12.6. The molecule has 3 aromatic carbocycles. The fourth-order valence-corrected chi connectivity index (χ4v) is 4.11. The molecule has 2 heterocycles. The molecule has 0 saturated heterocycles. The highest BCUT2D eigenvalue weighted by molar-refractivity contribution is 7.99. The molecule has 2 aromatic heterocycles. The number of thioether (sulfide) groups is 1. The number of hydrogen-bond donors (Lipinski definition) is 1. The van der Waals surface area contributed by atoms with Gasteiger partial charge < -0.3 is 5.32 Å². The van der Waals surface area contributed by atoms with Crippen LogP contribution < -0.4 is 5.32 Å². The van der Waals surface area contributed by atoms with E-state index in [2.05, 4.69) is 21.6 Å². The second-order valence-corrected chi connectivity index (χ2v) is 7.37. The maximum Gasteiger partial charge on any atom is 0.234 e. The second kappa shape index (κ2) is 6.98. The van der Waals surface area contributed by atoms with E-state index in [-0.39, 0.29) is 11.7 Å². The van der Waals surface area contributed by atoms with Gasteiger partial charge in [-0.3, -0.25) is 9.20 Å². The summed E-state index contributed by atoms with van der Waals surface area (Å²) < 4.78 is 1.99. The van der Waals surface area contributed by atoms with Crippen molar-refractivity contribution in [3.8, 4) is 0 Å². The Morgan fingerprint density at radius 2 is 1.64 bits per heavy atom. The molecule has 0 radical (unpaired) electrons. The summed E-state index contributed by atoms with van der Waals surface area (Å²) in [6.07, 6.45) is 0. The van der Waals surface area contributed by atoms with Gasteiger partial charge in [-0.25, -0.2) is 0 Å². The molecule has 0 saturated carbocycles. The smallest absolute Gasteiger partial charge is 0.234 e. The van der Waals surface area contributed by atoms with Crippen LogP contribution in [-0.4, -0.2) is 26.3 Å². The number of fused-ring (bicyclic) bond motifs is 4. The van der Waals surface area contributed by atoms with Crippen LogP contribution in [0.15, 0.2) is 84.0 Å². The SMILES string of the molecule is O=C(CSc1nnc2ccc3ccccc3n12)Nc1cccc2ccccc12. The summed E-state index contributed by atoms with van der Waals surface area (Å²) in [4.78, 5) is 12.6. The first kappa shape index (κ1) is 16.8. The summed E-state index contributed by atoms with van der Waals surface area (Å²) in [6, 6.07) is 26.0. The minimum Gasteiger partial charge on any atom is -0.325 e. The number of nitrogens with zero attached hydrogens (tertiary/aromatic N) is 3. The number of carbonyl (C=O) groups excluding carboxylic acids is 1. The first-order valence-corrected chi connectivity index (χ1v) is 9.91. The molecule has 0 spiro atoms. The number of pyridine rings is 1. The molecule has 0 atom stereocenters. The van der Waals surface area contributed by atoms with Gasteiger partial charge in [0.2, 0.25) is 5.91 Å². The molecule has 0 aliphatic carbocycles. The molecule has 5 nitrogen and oxygen atoms in total. The lowest BCUT2D eigenvalue weighted by atomic mass is 10.1. The van der Waals surface area contributed by atoms with Crippen LogP contribution >= 0.6 is 11.8 Å². The fourth-order valence-electron chi connectivity index (χ4n) is 3.36. The summed E-state index contributed by atoms with van der Waals surface area (Å²) in [7, 11) is 0. The van der Waals surface area contributed by atoms with Gasteiger partial charge in [0.1, 0.15) is 0 Å². The number of rotatable bonds is 4. The zero-order valence-electron chi connectivity index (χ0n) is 14.9. The number of anilines is 1. The van der Waals surface area contributed by atoms with Crippen molar-refractivity contribution in [3.05, 3.63) is 78.9 Å². The maximum atomic E-state index is 12.6. The van der Waals surface area contributed by atoms with E-state index in [0.717, 1.165) is 33.0 Å². The number of nitrogens with one attached hydrogen (secondary N) is 1. The molecule has 0 aliphatic rings. The van der Waals surface area contributed by atoms with Gasteiger partial charge in [-0.05, 0) is 35.0 Å². The van der Waals surface area contributed by atoms with Crippen LogP contribution in [0.2, 0.25) is 0 Å². The molecular weight excluding hydrogens is 368 g/mol. The van der Waals surface area contributed by atoms with Gasteiger partial charge in [0.15, 0.2) is 10.8 Å². The van der Waals surface area contributed by atoms with E-state index in [0.29, 0.717) is 5.16 Å². The van der Waals surface area contributed by atoms with Gasteiger partial charge >= 0.3 is 0 Å². The number of amides is 1. The fraction of sp³-hybridized carbons (Fsp3) is 0.0455. The lowest BCUT2D eigenvalue weighted by Crippen LogP contribution is -2.14. The Bertz CT molecular complexity index is 1320. The third kappa shape index (κ3) is 2.97. The third-order valence-electron chi connectivity index (χ3n) is 4.64. The Morgan fingerprint density at radius 3 is 2.57 bits per heavy atom. The van der Waals surface area contributed by atoms with E-state index in [9.17, 15) is 4.79 Å². The summed E-state index contributed by atoms with van der Waals surface area (Å²) in [6.45, 7) is 0. The number of aromatic nitrogens is 3. The Kier molecular flexibility index (Phi) is 4.18. The van der Waals surface area contributed by atoms with Crippen molar-refractivity contribution in [2.75, 3.05) is 11.1 Å². The number of benzene rings is 3. The van der Waals surface area contributed by atoms with Crippen LogP contribution in [0.1, 0.15) is 0 Å². The first-order chi connectivity index (χ1) is 13.8. The third-order valence-corrected chi connectivity index (χ3v) is 5.57. The van der Waals surface area contributed by atoms with Crippen molar-refractivity contribution in [2.24, 2.45) is 0 Å². The van der Waals surface area contributed by atoms with Crippen LogP contribution in [0.4, 0.5) is 5.69 Å². The van der Waals surface area contributed by atoms with Crippen LogP contribution in [0, 0.1) is 0 Å². The molecule has 0 unspecified atom stereocenters. The molecular formula is C22H16N4OS. The van der Waals surface area contributed by atoms with Gasteiger partial charge in [-0.15, -0.1) is 10.2 Å². The van der Waals surface area contributed by atoms with E-state index in [1.807, 2.05) is 77.2 Å². The van der Waals surface area contributed by atoms with Crippen molar-refractivity contribution in [2.45, 2.75) is 5.16 Å². The number of hydrogen-bond acceptors (Lipinski definition) is 4. The van der Waals surface area contributed by atoms with E-state index in [1.54, 1.807) is 0 Å². The summed E-state index contributed by atoms with van der Waals surface area (Å²) in [5.41, 5.74) is 2.62. The van der Waals surface area contributed by atoms with E-state index in [4.69, 9.17) is 0 Å². The van der Waals surface area contributed by atoms with Crippen LogP contribution in [0.25, 0.3) is 27.3 Å². The zero-order valence-corrected chi connectivity index (χ0v) is 15.7. The molecule has 5 rings (SSSR count). The lowest BCUT2D eigenvalue weighted by Gasteiger charge is -2.08. The standard InChI is InChI=1S/C22H16N4OS/c27-21(23-18-10-5-8-15-6-1-3-9-17(15)18)14-28-22-25-24-20-13-12-16-7-2-4-11-19(16)26(20)22/h1-13H,14H2,(H,23,27). The van der Waals surface area contributed by atoms with Crippen LogP contribution in [-0.2, 0) is 4.79 Å². The van der Waals surface area contributed by atoms with E-state index < -0.39 is 0 Å². The Labute approximate surface area is 165 Å². The van der Waals surface area contributed by atoms with Gasteiger partial charge in [0.25, 0.3) is 0 Å². The normalized spacial score (nSPS) is 11.3. The average Bonchev–Trinajstić information content (AvgIpc) is 3.16. The quantitative estimate of drug-likeness (QED) is 0.454. The van der Waals surface area contributed by atoms with Gasteiger partial charge in [-0.1, -0.05) is 66.4 Å². The highest BCUT2D eigenvalue weighted by atomic mass is 32.2. The van der Waals surface area contributed by atoms with Crippen LogP contribution in [0.5, 0.6) is 0 Å². The number of para-hydroxylation sites is 1. The lowest BCUT2D eigenvalue weighted by molar-refractivity contribution is -0.113. The van der Waals surface area contributed by atoms with Crippen molar-refractivity contribution in [1.29, 1.82) is 0 Å². The Hall–Kier alpha value is -3.38. The average molecular weight is 384 g/mol. The second-order valence-electron chi connectivity index (χ2n) is 6.43. The molecule has 28 heavy (non-hydrogen) atoms. The molecule has 5 aromatic rings. The summed E-state index contributed by atoms with van der Waals surface area (Å²) >= 11 is 1.38. The summed E-state index contributed by atoms with van der Waals surface area (Å²) in [5, 5.41) is 15.5. The largest absolute Gasteiger partial charge is 0.325 e. The minimum atomic E-state index is -0.0710. The van der Waals surface area contributed by atoms with Gasteiger partial charge in [0, 0.05) is 11.1 Å². The molecule has 0 bridgehead atoms. The molecule has 1 N–H and O–H groups in total. The topological polar surface area (TPSA) is 59.3 Å². The molecule has 136 valence electrons. The molecule has 1 amide bonds. The zero-order chi connectivity index (χ0) is 18.9. The molecule has 0 aliphatic heterocycles. The monoisotopic (exact) mass is 384 g/mol. The molecule has 0 fully saturated rings. The van der Waals surface area contributed by atoms with Crippen molar-refractivity contribution < 1.29 is 4.79 Å². The minimum absolute atomic E-state index is 0.0710.